The van der Waals surface area contributed by atoms with Crippen LogP contribution in [0.15, 0.2) is 60.7 Å². The molecule has 0 aliphatic carbocycles. The zero-order valence-electron chi connectivity index (χ0n) is 18.3. The monoisotopic (exact) mass is 439 g/mol. The van der Waals surface area contributed by atoms with Crippen molar-refractivity contribution in [2.24, 2.45) is 5.92 Å². The van der Waals surface area contributed by atoms with Gasteiger partial charge in [0.05, 0.1) is 14.2 Å². The Morgan fingerprint density at radius 3 is 1.81 bits per heavy atom. The molecular formula is C24H25NO7. The molecule has 1 amide bonds. The van der Waals surface area contributed by atoms with Crippen molar-refractivity contribution in [3.63, 3.8) is 0 Å². The fourth-order valence-electron chi connectivity index (χ4n) is 4.30. The Hall–Kier alpha value is -3.68. The molecule has 2 aromatic rings. The summed E-state index contributed by atoms with van der Waals surface area (Å²) < 4.78 is 15.7. The molecule has 1 aliphatic rings. The average Bonchev–Trinajstić information content (AvgIpc) is 2.81. The van der Waals surface area contributed by atoms with Crippen LogP contribution in [0.1, 0.15) is 25.0 Å². The molecular weight excluding hydrogens is 414 g/mol. The molecule has 1 saturated heterocycles. The summed E-state index contributed by atoms with van der Waals surface area (Å²) in [6.07, 6.45) is 0. The van der Waals surface area contributed by atoms with Crippen molar-refractivity contribution in [3.05, 3.63) is 71.8 Å². The third-order valence-corrected chi connectivity index (χ3v) is 5.68. The number of rotatable bonds is 7. The Morgan fingerprint density at radius 2 is 1.41 bits per heavy atom. The van der Waals surface area contributed by atoms with E-state index in [0.717, 1.165) is 0 Å². The molecule has 32 heavy (non-hydrogen) atoms. The number of ether oxygens (including phenoxy) is 3. The van der Waals surface area contributed by atoms with Gasteiger partial charge in [0.25, 0.3) is 0 Å². The minimum absolute atomic E-state index is 0.537. The zero-order chi connectivity index (χ0) is 23.5. The first-order valence-corrected chi connectivity index (χ1v) is 10.1. The van der Waals surface area contributed by atoms with Crippen LogP contribution in [0, 0.1) is 5.92 Å². The smallest absolute Gasteiger partial charge is 0.328 e. The van der Waals surface area contributed by atoms with Crippen LogP contribution in [0.5, 0.6) is 0 Å². The van der Waals surface area contributed by atoms with E-state index in [2.05, 4.69) is 0 Å². The fraction of sp³-hybridized carbons (Fsp3) is 0.333. The van der Waals surface area contributed by atoms with Gasteiger partial charge in [0.1, 0.15) is 12.1 Å². The van der Waals surface area contributed by atoms with E-state index in [4.69, 9.17) is 14.2 Å². The standard InChI is InChI=1S/C24H25NO7/c1-15(22(28)30-3)25-20(19(21(25)27)23(29)31-4)24(32-16(2)26,17-11-7-5-8-12-17)18-13-9-6-10-14-18/h5-15,19-20H,1-4H3/t15-,19-,20+/m0/s1. The van der Waals surface area contributed by atoms with Crippen molar-refractivity contribution in [2.75, 3.05) is 14.2 Å². The number of hydrogen-bond donors (Lipinski definition) is 0. The summed E-state index contributed by atoms with van der Waals surface area (Å²) >= 11 is 0. The lowest BCUT2D eigenvalue weighted by atomic mass is 9.68. The van der Waals surface area contributed by atoms with Gasteiger partial charge in [0.2, 0.25) is 5.91 Å². The van der Waals surface area contributed by atoms with E-state index < -0.39 is 47.4 Å². The number of nitrogens with zero attached hydrogens (tertiary/aromatic N) is 1. The van der Waals surface area contributed by atoms with E-state index in [1.165, 1.54) is 33.0 Å². The topological polar surface area (TPSA) is 99.2 Å². The van der Waals surface area contributed by atoms with Crippen LogP contribution < -0.4 is 0 Å². The number of methoxy groups -OCH3 is 2. The van der Waals surface area contributed by atoms with Crippen molar-refractivity contribution in [1.82, 2.24) is 4.90 Å². The predicted octanol–water partition coefficient (Wildman–Crippen LogP) is 2.05. The van der Waals surface area contributed by atoms with Crippen LogP contribution in [-0.4, -0.2) is 55.0 Å². The number of benzene rings is 2. The third-order valence-electron chi connectivity index (χ3n) is 5.68. The maximum Gasteiger partial charge on any atom is 0.328 e. The number of β-lactam (4-membered cyclic amide) rings is 1. The van der Waals surface area contributed by atoms with Crippen LogP contribution in [0.4, 0.5) is 0 Å². The highest BCUT2D eigenvalue weighted by Crippen LogP contribution is 2.48. The number of esters is 3. The van der Waals surface area contributed by atoms with Crippen LogP contribution in [0.3, 0.4) is 0 Å². The molecule has 168 valence electrons. The van der Waals surface area contributed by atoms with Gasteiger partial charge in [-0.2, -0.15) is 0 Å². The quantitative estimate of drug-likeness (QED) is 0.282. The molecule has 8 nitrogen and oxygen atoms in total. The van der Waals surface area contributed by atoms with Crippen LogP contribution >= 0.6 is 0 Å². The molecule has 0 aromatic heterocycles. The van der Waals surface area contributed by atoms with Crippen molar-refractivity contribution < 1.29 is 33.4 Å². The summed E-state index contributed by atoms with van der Waals surface area (Å²) in [5, 5.41) is 0. The van der Waals surface area contributed by atoms with Crippen molar-refractivity contribution in [3.8, 4) is 0 Å². The van der Waals surface area contributed by atoms with Gasteiger partial charge in [-0.3, -0.25) is 14.4 Å². The molecule has 3 atom stereocenters. The zero-order valence-corrected chi connectivity index (χ0v) is 18.3. The van der Waals surface area contributed by atoms with Crippen LogP contribution in [0.25, 0.3) is 0 Å². The summed E-state index contributed by atoms with van der Waals surface area (Å²) in [4.78, 5) is 51.8. The van der Waals surface area contributed by atoms with Crippen LogP contribution in [0.2, 0.25) is 0 Å². The Labute approximate surface area is 186 Å². The highest BCUT2D eigenvalue weighted by atomic mass is 16.6. The van der Waals surface area contributed by atoms with Crippen molar-refractivity contribution >= 4 is 23.8 Å². The van der Waals surface area contributed by atoms with E-state index >= 15 is 0 Å². The van der Waals surface area contributed by atoms with E-state index in [1.54, 1.807) is 60.7 Å². The third kappa shape index (κ3) is 3.72. The fourth-order valence-corrected chi connectivity index (χ4v) is 4.30. The number of carbonyl (C=O) groups is 4. The van der Waals surface area contributed by atoms with E-state index in [-0.39, 0.29) is 0 Å². The second-order valence-corrected chi connectivity index (χ2v) is 7.45. The maximum atomic E-state index is 13.1. The van der Waals surface area contributed by atoms with E-state index in [9.17, 15) is 19.2 Å². The molecule has 8 heteroatoms. The van der Waals surface area contributed by atoms with Crippen molar-refractivity contribution in [1.29, 1.82) is 0 Å². The first kappa shape index (κ1) is 23.0. The molecule has 1 fully saturated rings. The Kier molecular flexibility index (Phi) is 6.62. The Bertz CT molecular complexity index is 966. The van der Waals surface area contributed by atoms with Gasteiger partial charge >= 0.3 is 17.9 Å². The summed E-state index contributed by atoms with van der Waals surface area (Å²) in [6.45, 7) is 2.75. The minimum Gasteiger partial charge on any atom is -0.468 e. The number of amides is 1. The molecule has 0 bridgehead atoms. The second-order valence-electron chi connectivity index (χ2n) is 7.45. The summed E-state index contributed by atoms with van der Waals surface area (Å²) in [5.74, 6) is -3.96. The van der Waals surface area contributed by atoms with Gasteiger partial charge in [0, 0.05) is 18.1 Å². The Balaban J connectivity index is 2.33. The van der Waals surface area contributed by atoms with Gasteiger partial charge in [-0.1, -0.05) is 60.7 Å². The Morgan fingerprint density at radius 1 is 0.906 bits per heavy atom. The van der Waals surface area contributed by atoms with E-state index in [1.807, 2.05) is 0 Å². The largest absolute Gasteiger partial charge is 0.468 e. The molecule has 3 rings (SSSR count). The molecule has 0 radical (unpaired) electrons. The van der Waals surface area contributed by atoms with Gasteiger partial charge in [0.15, 0.2) is 11.5 Å². The molecule has 2 aromatic carbocycles. The minimum atomic E-state index is -1.58. The van der Waals surface area contributed by atoms with Gasteiger partial charge < -0.3 is 19.1 Å². The highest BCUT2D eigenvalue weighted by molar-refractivity contribution is 6.05. The molecule has 0 spiro atoms. The lowest BCUT2D eigenvalue weighted by Crippen LogP contribution is -2.74. The van der Waals surface area contributed by atoms with Gasteiger partial charge in [-0.05, 0) is 6.92 Å². The van der Waals surface area contributed by atoms with Crippen LogP contribution in [-0.2, 0) is 39.0 Å². The number of likely N-dealkylation sites (tertiary alicyclic amines) is 1. The SMILES string of the molecule is COC(=O)[C@@H]1C(=O)N([C@@H](C)C(=O)OC)[C@H]1C(OC(C)=O)(c1ccccc1)c1ccccc1. The molecule has 1 aliphatic heterocycles. The van der Waals surface area contributed by atoms with Crippen molar-refractivity contribution in [2.45, 2.75) is 31.5 Å². The molecule has 0 unspecified atom stereocenters. The average molecular weight is 439 g/mol. The summed E-state index contributed by atoms with van der Waals surface area (Å²) in [6, 6.07) is 15.5. The summed E-state index contributed by atoms with van der Waals surface area (Å²) in [7, 11) is 2.39. The second kappa shape index (κ2) is 9.21. The predicted molar refractivity (Wildman–Crippen MR) is 113 cm³/mol. The summed E-state index contributed by atoms with van der Waals surface area (Å²) in [5.41, 5.74) is -0.506. The highest BCUT2D eigenvalue weighted by Gasteiger charge is 2.66. The molecule has 1 heterocycles. The first-order valence-electron chi connectivity index (χ1n) is 10.1. The van der Waals surface area contributed by atoms with Gasteiger partial charge in [-0.15, -0.1) is 0 Å². The lowest BCUT2D eigenvalue weighted by Gasteiger charge is -2.55. The normalized spacial score (nSPS) is 18.9. The number of carbonyl (C=O) groups excluding carboxylic acids is 4. The molecule has 0 saturated carbocycles. The van der Waals surface area contributed by atoms with Gasteiger partial charge in [-0.25, -0.2) is 4.79 Å². The first-order chi connectivity index (χ1) is 15.3. The lowest BCUT2D eigenvalue weighted by molar-refractivity contribution is -0.202. The van der Waals surface area contributed by atoms with E-state index in [0.29, 0.717) is 11.1 Å². The molecule has 0 N–H and O–H groups in total. The number of hydrogen-bond acceptors (Lipinski definition) is 7. The maximum absolute atomic E-state index is 13.1.